The van der Waals surface area contributed by atoms with Crippen molar-refractivity contribution in [2.75, 3.05) is 32.4 Å². The van der Waals surface area contributed by atoms with E-state index in [1.165, 1.54) is 22.5 Å². The Morgan fingerprint density at radius 2 is 2.00 bits per heavy atom. The van der Waals surface area contributed by atoms with E-state index in [4.69, 9.17) is 11.0 Å². The highest BCUT2D eigenvalue weighted by Crippen LogP contribution is 2.27. The van der Waals surface area contributed by atoms with Crippen LogP contribution in [0.4, 0.5) is 5.69 Å². The molecule has 0 bridgehead atoms. The largest absolute Gasteiger partial charge is 0.399 e. The van der Waals surface area contributed by atoms with Crippen molar-refractivity contribution in [3.63, 3.8) is 0 Å². The molecule has 1 aliphatic rings. The fourth-order valence-corrected chi connectivity index (χ4v) is 4.11. The molecule has 0 aromatic heterocycles. The van der Waals surface area contributed by atoms with Gasteiger partial charge in [-0.05, 0) is 39.1 Å². The zero-order chi connectivity index (χ0) is 15.8. The van der Waals surface area contributed by atoms with Gasteiger partial charge >= 0.3 is 0 Å². The second-order valence-corrected chi connectivity index (χ2v) is 7.85. The molecule has 114 valence electrons. The molecule has 1 aromatic carbocycles. The van der Waals surface area contributed by atoms with E-state index in [2.05, 4.69) is 4.90 Å². The van der Waals surface area contributed by atoms with Crippen molar-refractivity contribution in [1.29, 1.82) is 5.26 Å². The fourth-order valence-electron chi connectivity index (χ4n) is 2.40. The quantitative estimate of drug-likeness (QED) is 0.818. The molecule has 0 spiro atoms. The Balaban J connectivity index is 2.42. The number of nitrogens with two attached hydrogens (primary N) is 1. The van der Waals surface area contributed by atoms with Crippen LogP contribution in [0.5, 0.6) is 0 Å². The van der Waals surface area contributed by atoms with Gasteiger partial charge in [-0.3, -0.25) is 4.90 Å². The number of sulfonamides is 1. The van der Waals surface area contributed by atoms with E-state index in [0.29, 0.717) is 25.3 Å². The highest BCUT2D eigenvalue weighted by molar-refractivity contribution is 7.89. The first-order chi connectivity index (χ1) is 9.68. The summed E-state index contributed by atoms with van der Waals surface area (Å²) < 4.78 is 27.0. The number of anilines is 1. The van der Waals surface area contributed by atoms with E-state index in [1.54, 1.807) is 0 Å². The Hall–Kier alpha value is -1.62. The predicted molar refractivity (Wildman–Crippen MR) is 81.0 cm³/mol. The molecule has 1 aliphatic heterocycles. The van der Waals surface area contributed by atoms with E-state index in [9.17, 15) is 8.42 Å². The number of nitrogens with zero attached hydrogens (tertiary/aromatic N) is 3. The molecular formula is C14H20N4O2S. The first-order valence-electron chi connectivity index (χ1n) is 6.69. The summed E-state index contributed by atoms with van der Waals surface area (Å²) in [7, 11) is -1.71. The number of hydrogen-bond donors (Lipinski definition) is 1. The second kappa shape index (κ2) is 5.30. The van der Waals surface area contributed by atoms with Crippen molar-refractivity contribution in [1.82, 2.24) is 9.21 Å². The Bertz CT molecular complexity index is 691. The molecule has 7 heteroatoms. The minimum absolute atomic E-state index is 0.0274. The molecule has 21 heavy (non-hydrogen) atoms. The maximum Gasteiger partial charge on any atom is 0.244 e. The monoisotopic (exact) mass is 308 g/mol. The summed E-state index contributed by atoms with van der Waals surface area (Å²) in [5, 5.41) is 9.15. The van der Waals surface area contributed by atoms with E-state index in [-0.39, 0.29) is 16.0 Å². The third-order valence-corrected chi connectivity index (χ3v) is 5.93. The van der Waals surface area contributed by atoms with Crippen molar-refractivity contribution in [3.05, 3.63) is 23.8 Å². The highest BCUT2D eigenvalue weighted by atomic mass is 32.2. The van der Waals surface area contributed by atoms with Crippen molar-refractivity contribution in [2.24, 2.45) is 0 Å². The van der Waals surface area contributed by atoms with Gasteiger partial charge in [0.05, 0.1) is 5.56 Å². The Morgan fingerprint density at radius 3 is 2.57 bits per heavy atom. The molecule has 0 saturated carbocycles. The Morgan fingerprint density at radius 1 is 1.33 bits per heavy atom. The zero-order valence-corrected chi connectivity index (χ0v) is 13.3. The first-order valence-corrected chi connectivity index (χ1v) is 8.13. The van der Waals surface area contributed by atoms with Crippen LogP contribution in [0.1, 0.15) is 19.4 Å². The number of nitriles is 1. The van der Waals surface area contributed by atoms with Crippen LogP contribution >= 0.6 is 0 Å². The number of likely N-dealkylation sites (N-methyl/N-ethyl adjacent to an activating group) is 1. The summed E-state index contributed by atoms with van der Waals surface area (Å²) >= 11 is 0. The third kappa shape index (κ3) is 2.88. The maximum atomic E-state index is 12.8. The van der Waals surface area contributed by atoms with Crippen LogP contribution in [0.25, 0.3) is 0 Å². The smallest absolute Gasteiger partial charge is 0.244 e. The third-order valence-electron chi connectivity index (χ3n) is 4.02. The average molecular weight is 308 g/mol. The van der Waals surface area contributed by atoms with Crippen LogP contribution in [0.15, 0.2) is 23.1 Å². The number of nitrogen functional groups attached to an aromatic ring is 1. The molecule has 0 radical (unpaired) electrons. The van der Waals surface area contributed by atoms with Gasteiger partial charge in [-0.2, -0.15) is 9.57 Å². The molecule has 0 aliphatic carbocycles. The molecular weight excluding hydrogens is 288 g/mol. The SMILES string of the molecule is CN1CCN(S(=O)(=O)c2ccc(N)cc2C#N)CC1(C)C. The summed E-state index contributed by atoms with van der Waals surface area (Å²) in [6.45, 7) is 5.47. The summed E-state index contributed by atoms with van der Waals surface area (Å²) in [5.41, 5.74) is 5.84. The summed E-state index contributed by atoms with van der Waals surface area (Å²) in [6.07, 6.45) is 0. The lowest BCUT2D eigenvalue weighted by atomic mass is 10.0. The van der Waals surface area contributed by atoms with Crippen molar-refractivity contribution >= 4 is 15.7 Å². The van der Waals surface area contributed by atoms with E-state index in [1.807, 2.05) is 27.0 Å². The molecule has 2 rings (SSSR count). The van der Waals surface area contributed by atoms with Gasteiger partial charge in [0.25, 0.3) is 0 Å². The standard InChI is InChI=1S/C14H20N4O2S/c1-14(2)10-18(7-6-17(14)3)21(19,20)13-5-4-12(16)8-11(13)9-15/h4-5,8H,6-7,10,16H2,1-3H3. The molecule has 6 nitrogen and oxygen atoms in total. The highest BCUT2D eigenvalue weighted by Gasteiger charge is 2.38. The maximum absolute atomic E-state index is 12.8. The molecule has 0 amide bonds. The lowest BCUT2D eigenvalue weighted by Gasteiger charge is -2.44. The number of piperazine rings is 1. The van der Waals surface area contributed by atoms with Gasteiger partial charge in [-0.25, -0.2) is 8.42 Å². The molecule has 1 heterocycles. The topological polar surface area (TPSA) is 90.4 Å². The van der Waals surface area contributed by atoms with Gasteiger partial charge in [-0.1, -0.05) is 0 Å². The predicted octanol–water partition coefficient (Wildman–Crippen LogP) is 0.855. The van der Waals surface area contributed by atoms with E-state index >= 15 is 0 Å². The summed E-state index contributed by atoms with van der Waals surface area (Å²) in [6, 6.07) is 6.23. The number of rotatable bonds is 2. The molecule has 0 atom stereocenters. The van der Waals surface area contributed by atoms with Crippen LogP contribution in [0.2, 0.25) is 0 Å². The Labute approximate surface area is 125 Å². The fraction of sp³-hybridized carbons (Fsp3) is 0.500. The van der Waals surface area contributed by atoms with E-state index < -0.39 is 10.0 Å². The molecule has 1 fully saturated rings. The molecule has 0 unspecified atom stereocenters. The van der Waals surface area contributed by atoms with Gasteiger partial charge in [0.1, 0.15) is 11.0 Å². The Kier molecular flexibility index (Phi) is 3.97. The van der Waals surface area contributed by atoms with Crippen molar-refractivity contribution in [3.8, 4) is 6.07 Å². The van der Waals surface area contributed by atoms with Gasteiger partial charge in [0, 0.05) is 30.9 Å². The summed E-state index contributed by atoms with van der Waals surface area (Å²) in [4.78, 5) is 2.16. The van der Waals surface area contributed by atoms with Crippen molar-refractivity contribution < 1.29 is 8.42 Å². The molecule has 1 saturated heterocycles. The van der Waals surface area contributed by atoms with Crippen LogP contribution < -0.4 is 5.73 Å². The molecule has 1 aromatic rings. The molecule has 2 N–H and O–H groups in total. The van der Waals surface area contributed by atoms with Gasteiger partial charge < -0.3 is 5.73 Å². The number of benzene rings is 1. The zero-order valence-electron chi connectivity index (χ0n) is 12.5. The van der Waals surface area contributed by atoms with Crippen LogP contribution in [-0.2, 0) is 10.0 Å². The van der Waals surface area contributed by atoms with Gasteiger partial charge in [-0.15, -0.1) is 0 Å². The van der Waals surface area contributed by atoms with Crippen LogP contribution in [0.3, 0.4) is 0 Å². The number of hydrogen-bond acceptors (Lipinski definition) is 5. The van der Waals surface area contributed by atoms with Crippen molar-refractivity contribution in [2.45, 2.75) is 24.3 Å². The average Bonchev–Trinajstić information content (AvgIpc) is 2.41. The minimum Gasteiger partial charge on any atom is -0.399 e. The lowest BCUT2D eigenvalue weighted by Crippen LogP contribution is -2.58. The van der Waals surface area contributed by atoms with Gasteiger partial charge in [0.15, 0.2) is 0 Å². The summed E-state index contributed by atoms with van der Waals surface area (Å²) in [5.74, 6) is 0. The van der Waals surface area contributed by atoms with Crippen LogP contribution in [0, 0.1) is 11.3 Å². The lowest BCUT2D eigenvalue weighted by molar-refractivity contribution is 0.0801. The first kappa shape index (κ1) is 15.8. The van der Waals surface area contributed by atoms with E-state index in [0.717, 1.165) is 0 Å². The normalized spacial score (nSPS) is 20.1. The second-order valence-electron chi connectivity index (χ2n) is 5.94. The van der Waals surface area contributed by atoms with Crippen LogP contribution in [-0.4, -0.2) is 49.8 Å². The van der Waals surface area contributed by atoms with Gasteiger partial charge in [0.2, 0.25) is 10.0 Å². The minimum atomic E-state index is -3.69.